The van der Waals surface area contributed by atoms with Crippen molar-refractivity contribution in [3.05, 3.63) is 194 Å². The fraction of sp³-hybridized carbons (Fsp3) is 0. The molecule has 8 aromatic carbocycles. The summed E-state index contributed by atoms with van der Waals surface area (Å²) >= 11 is 0. The van der Waals surface area contributed by atoms with Crippen LogP contribution < -0.4 is 0 Å². The number of benzene rings is 8. The van der Waals surface area contributed by atoms with E-state index in [2.05, 4.69) is 185 Å². The highest BCUT2D eigenvalue weighted by atomic mass is 15.0. The fourth-order valence-corrected chi connectivity index (χ4v) is 7.87. The van der Waals surface area contributed by atoms with Gasteiger partial charge in [0.25, 0.3) is 0 Å². The zero-order valence-electron chi connectivity index (χ0n) is 28.2. The molecular formula is C49H31N3. The smallest absolute Gasteiger partial charge is 0.0991 e. The minimum absolute atomic E-state index is 0.653. The quantitative estimate of drug-likeness (QED) is 0.181. The third-order valence-electron chi connectivity index (χ3n) is 10.3. The predicted octanol–water partition coefficient (Wildman–Crippen LogP) is 12.8. The van der Waals surface area contributed by atoms with Crippen LogP contribution in [0.4, 0.5) is 0 Å². The van der Waals surface area contributed by atoms with Gasteiger partial charge in [0.2, 0.25) is 0 Å². The van der Waals surface area contributed by atoms with E-state index in [1.807, 2.05) is 18.2 Å². The molecule has 10 rings (SSSR count). The van der Waals surface area contributed by atoms with Gasteiger partial charge in [0, 0.05) is 32.9 Å². The van der Waals surface area contributed by atoms with Crippen molar-refractivity contribution in [3.8, 4) is 50.8 Å². The van der Waals surface area contributed by atoms with Gasteiger partial charge < -0.3 is 9.13 Å². The zero-order chi connectivity index (χ0) is 34.6. The van der Waals surface area contributed by atoms with Crippen molar-refractivity contribution in [2.45, 2.75) is 0 Å². The van der Waals surface area contributed by atoms with E-state index in [1.54, 1.807) is 0 Å². The van der Waals surface area contributed by atoms with Crippen LogP contribution in [0.25, 0.3) is 88.4 Å². The third-order valence-corrected chi connectivity index (χ3v) is 10.3. The van der Waals surface area contributed by atoms with E-state index in [-0.39, 0.29) is 0 Å². The van der Waals surface area contributed by atoms with Crippen LogP contribution in [0.5, 0.6) is 0 Å². The Kier molecular flexibility index (Phi) is 6.87. The molecule has 10 aromatic rings. The minimum atomic E-state index is 0.653. The lowest BCUT2D eigenvalue weighted by Gasteiger charge is -2.11. The van der Waals surface area contributed by atoms with Gasteiger partial charge in [-0.2, -0.15) is 5.26 Å². The van der Waals surface area contributed by atoms with Gasteiger partial charge >= 0.3 is 0 Å². The fourth-order valence-electron chi connectivity index (χ4n) is 7.87. The van der Waals surface area contributed by atoms with Crippen LogP contribution in [0.15, 0.2) is 188 Å². The molecule has 0 atom stereocenters. The Labute approximate surface area is 301 Å². The first-order valence-corrected chi connectivity index (χ1v) is 17.6. The van der Waals surface area contributed by atoms with Crippen LogP contribution in [-0.2, 0) is 0 Å². The van der Waals surface area contributed by atoms with Crippen molar-refractivity contribution < 1.29 is 0 Å². The minimum Gasteiger partial charge on any atom is -0.309 e. The number of para-hydroxylation sites is 2. The van der Waals surface area contributed by atoms with Gasteiger partial charge in [-0.15, -0.1) is 0 Å². The first-order chi connectivity index (χ1) is 25.7. The molecule has 2 aromatic heterocycles. The normalized spacial score (nSPS) is 11.4. The predicted molar refractivity (Wildman–Crippen MR) is 216 cm³/mol. The van der Waals surface area contributed by atoms with E-state index in [9.17, 15) is 5.26 Å². The van der Waals surface area contributed by atoms with Crippen molar-refractivity contribution >= 4 is 43.6 Å². The highest BCUT2D eigenvalue weighted by Crippen LogP contribution is 2.39. The monoisotopic (exact) mass is 661 g/mol. The Morgan fingerprint density at radius 3 is 1.40 bits per heavy atom. The third kappa shape index (κ3) is 4.81. The maximum atomic E-state index is 9.87. The number of nitrogens with zero attached hydrogens (tertiary/aromatic N) is 3. The van der Waals surface area contributed by atoms with Gasteiger partial charge in [0.05, 0.1) is 33.7 Å². The lowest BCUT2D eigenvalue weighted by molar-refractivity contribution is 1.18. The van der Waals surface area contributed by atoms with Gasteiger partial charge in [-0.05, 0) is 112 Å². The van der Waals surface area contributed by atoms with Crippen LogP contribution in [0.1, 0.15) is 5.56 Å². The molecule has 0 aliphatic carbocycles. The molecule has 2 heterocycles. The van der Waals surface area contributed by atoms with Gasteiger partial charge in [0.15, 0.2) is 0 Å². The van der Waals surface area contributed by atoms with Crippen molar-refractivity contribution in [2.75, 3.05) is 0 Å². The molecule has 0 radical (unpaired) electrons. The summed E-state index contributed by atoms with van der Waals surface area (Å²) in [7, 11) is 0. The van der Waals surface area contributed by atoms with E-state index in [0.717, 1.165) is 44.3 Å². The molecule has 0 aliphatic rings. The number of rotatable bonds is 5. The van der Waals surface area contributed by atoms with Gasteiger partial charge in [0.1, 0.15) is 0 Å². The van der Waals surface area contributed by atoms with Crippen LogP contribution in [0.3, 0.4) is 0 Å². The second-order valence-electron chi connectivity index (χ2n) is 13.3. The maximum Gasteiger partial charge on any atom is 0.0991 e. The van der Waals surface area contributed by atoms with Crippen molar-refractivity contribution in [3.63, 3.8) is 0 Å². The standard InChI is InChI=1S/C49H31N3/c50-32-33-18-25-47-43(28-33)45-31-39(38-21-26-48-44(30-38)42-16-7-8-17-46(42)51(48)40-14-5-2-6-15-40)22-27-49(45)52(47)41-23-19-35(20-24-41)37-13-9-12-36(29-37)34-10-3-1-4-11-34/h1-31H. The first-order valence-electron chi connectivity index (χ1n) is 17.6. The molecule has 3 heteroatoms. The number of fused-ring (bicyclic) bond motifs is 6. The first kappa shape index (κ1) is 29.7. The summed E-state index contributed by atoms with van der Waals surface area (Å²) in [5.74, 6) is 0. The van der Waals surface area contributed by atoms with Gasteiger partial charge in [-0.25, -0.2) is 0 Å². The van der Waals surface area contributed by atoms with Crippen LogP contribution >= 0.6 is 0 Å². The second kappa shape index (κ2) is 12.0. The highest BCUT2D eigenvalue weighted by Gasteiger charge is 2.17. The van der Waals surface area contributed by atoms with E-state index < -0.39 is 0 Å². The molecule has 0 saturated heterocycles. The van der Waals surface area contributed by atoms with Crippen molar-refractivity contribution in [1.29, 1.82) is 5.26 Å². The lowest BCUT2D eigenvalue weighted by atomic mass is 9.99. The van der Waals surface area contributed by atoms with Crippen molar-refractivity contribution in [2.24, 2.45) is 0 Å². The summed E-state index contributed by atoms with van der Waals surface area (Å²) in [5, 5.41) is 14.5. The summed E-state index contributed by atoms with van der Waals surface area (Å²) in [4.78, 5) is 0. The summed E-state index contributed by atoms with van der Waals surface area (Å²) in [6.45, 7) is 0. The van der Waals surface area contributed by atoms with Crippen LogP contribution in [-0.4, -0.2) is 9.13 Å². The lowest BCUT2D eigenvalue weighted by Crippen LogP contribution is -1.94. The summed E-state index contributed by atoms with van der Waals surface area (Å²) in [5.41, 5.74) is 14.5. The molecule has 52 heavy (non-hydrogen) atoms. The molecule has 0 spiro atoms. The molecule has 3 nitrogen and oxygen atoms in total. The molecule has 0 amide bonds. The number of hydrogen-bond donors (Lipinski definition) is 0. The Morgan fingerprint density at radius 1 is 0.308 bits per heavy atom. The molecule has 0 unspecified atom stereocenters. The molecule has 242 valence electrons. The summed E-state index contributed by atoms with van der Waals surface area (Å²) in [6.07, 6.45) is 0. The second-order valence-corrected chi connectivity index (χ2v) is 13.3. The number of hydrogen-bond acceptors (Lipinski definition) is 1. The molecule has 0 saturated carbocycles. The SMILES string of the molecule is N#Cc1ccc2c(c1)c1cc(-c3ccc4c(c3)c3ccccc3n4-c3ccccc3)ccc1n2-c1ccc(-c2cccc(-c3ccccc3)c2)cc1. The number of aromatic nitrogens is 2. The molecule has 0 bridgehead atoms. The average Bonchev–Trinajstić information content (AvgIpc) is 3.73. The van der Waals surface area contributed by atoms with E-state index in [0.29, 0.717) is 5.56 Å². The highest BCUT2D eigenvalue weighted by molar-refractivity contribution is 6.13. The molecular weight excluding hydrogens is 631 g/mol. The maximum absolute atomic E-state index is 9.87. The van der Waals surface area contributed by atoms with E-state index >= 15 is 0 Å². The summed E-state index contributed by atoms with van der Waals surface area (Å²) < 4.78 is 4.66. The van der Waals surface area contributed by atoms with Crippen molar-refractivity contribution in [1.82, 2.24) is 9.13 Å². The van der Waals surface area contributed by atoms with Crippen LogP contribution in [0, 0.1) is 11.3 Å². The Morgan fingerprint density at radius 2 is 0.750 bits per heavy atom. The van der Waals surface area contributed by atoms with E-state index in [1.165, 1.54) is 44.1 Å². The Hall–Kier alpha value is -7.15. The largest absolute Gasteiger partial charge is 0.309 e. The number of nitriles is 1. The molecule has 0 aliphatic heterocycles. The zero-order valence-corrected chi connectivity index (χ0v) is 28.2. The Bertz CT molecular complexity index is 3000. The van der Waals surface area contributed by atoms with Gasteiger partial charge in [-0.3, -0.25) is 0 Å². The van der Waals surface area contributed by atoms with Crippen LogP contribution in [0.2, 0.25) is 0 Å². The topological polar surface area (TPSA) is 33.6 Å². The molecule has 0 fully saturated rings. The van der Waals surface area contributed by atoms with E-state index in [4.69, 9.17) is 0 Å². The summed E-state index contributed by atoms with van der Waals surface area (Å²) in [6, 6.07) is 69.2. The molecule has 0 N–H and O–H groups in total. The Balaban J connectivity index is 1.09. The average molecular weight is 662 g/mol. The van der Waals surface area contributed by atoms with Gasteiger partial charge in [-0.1, -0.05) is 109 Å².